The van der Waals surface area contributed by atoms with Gasteiger partial charge in [-0.1, -0.05) is 13.0 Å². The topological polar surface area (TPSA) is 102 Å². The second-order valence-electron chi connectivity index (χ2n) is 4.64. The van der Waals surface area contributed by atoms with Crippen LogP contribution >= 0.6 is 0 Å². The SMILES string of the molecule is Cc1nnc(Cc2ccc(C[C@H](C)C(=O)O)cn2)nn1. The number of hydrogen-bond donors (Lipinski definition) is 1. The molecule has 0 aliphatic rings. The maximum Gasteiger partial charge on any atom is 0.306 e. The van der Waals surface area contributed by atoms with Crippen molar-refractivity contribution in [2.45, 2.75) is 26.7 Å². The van der Waals surface area contributed by atoms with E-state index in [1.165, 1.54) is 0 Å². The van der Waals surface area contributed by atoms with Gasteiger partial charge in [0.15, 0.2) is 11.6 Å². The highest BCUT2D eigenvalue weighted by Crippen LogP contribution is 2.09. The fraction of sp³-hybridized carbons (Fsp3) is 0.385. The van der Waals surface area contributed by atoms with Crippen LogP contribution in [0.3, 0.4) is 0 Å². The van der Waals surface area contributed by atoms with E-state index >= 15 is 0 Å². The van der Waals surface area contributed by atoms with Gasteiger partial charge in [0.05, 0.1) is 12.3 Å². The van der Waals surface area contributed by atoms with E-state index in [4.69, 9.17) is 5.11 Å². The Kier molecular flexibility index (Phi) is 4.29. The third kappa shape index (κ3) is 3.78. The molecule has 0 unspecified atom stereocenters. The molecule has 2 rings (SSSR count). The number of nitrogens with zero attached hydrogens (tertiary/aromatic N) is 5. The monoisotopic (exact) mass is 273 g/mol. The van der Waals surface area contributed by atoms with Gasteiger partial charge in [0.1, 0.15) is 0 Å². The molecule has 2 aromatic heterocycles. The predicted molar refractivity (Wildman–Crippen MR) is 69.9 cm³/mol. The van der Waals surface area contributed by atoms with E-state index in [-0.39, 0.29) is 0 Å². The van der Waals surface area contributed by atoms with E-state index in [1.807, 2.05) is 12.1 Å². The molecule has 1 N–H and O–H groups in total. The second kappa shape index (κ2) is 6.14. The second-order valence-corrected chi connectivity index (χ2v) is 4.64. The zero-order valence-corrected chi connectivity index (χ0v) is 11.3. The van der Waals surface area contributed by atoms with Crippen molar-refractivity contribution in [2.75, 3.05) is 0 Å². The highest BCUT2D eigenvalue weighted by atomic mass is 16.4. The molecule has 0 saturated carbocycles. The molecular weight excluding hydrogens is 258 g/mol. The van der Waals surface area contributed by atoms with Crippen LogP contribution < -0.4 is 0 Å². The number of aromatic nitrogens is 5. The summed E-state index contributed by atoms with van der Waals surface area (Å²) < 4.78 is 0. The fourth-order valence-electron chi connectivity index (χ4n) is 1.65. The zero-order chi connectivity index (χ0) is 14.5. The summed E-state index contributed by atoms with van der Waals surface area (Å²) in [6.45, 7) is 3.40. The quantitative estimate of drug-likeness (QED) is 0.860. The van der Waals surface area contributed by atoms with Crippen molar-refractivity contribution in [1.82, 2.24) is 25.4 Å². The van der Waals surface area contributed by atoms with Crippen LogP contribution in [0.1, 0.15) is 29.8 Å². The largest absolute Gasteiger partial charge is 0.481 e. The molecule has 0 amide bonds. The van der Waals surface area contributed by atoms with E-state index in [9.17, 15) is 4.79 Å². The normalized spacial score (nSPS) is 12.1. The number of aryl methyl sites for hydroxylation is 1. The number of carbonyl (C=O) groups is 1. The summed E-state index contributed by atoms with van der Waals surface area (Å²) >= 11 is 0. The standard InChI is InChI=1S/C13H15N5O2/c1-8(13(19)20)5-10-3-4-11(14-7-10)6-12-17-15-9(2)16-18-12/h3-4,7-8H,5-6H2,1-2H3,(H,19,20)/t8-/m0/s1. The average molecular weight is 273 g/mol. The predicted octanol–water partition coefficient (Wildman–Crippen LogP) is 0.824. The van der Waals surface area contributed by atoms with E-state index in [0.717, 1.165) is 11.3 Å². The molecule has 20 heavy (non-hydrogen) atoms. The molecule has 7 heteroatoms. The Balaban J connectivity index is 2.01. The maximum absolute atomic E-state index is 10.8. The van der Waals surface area contributed by atoms with Gasteiger partial charge in [0.2, 0.25) is 0 Å². The van der Waals surface area contributed by atoms with Crippen molar-refractivity contribution in [3.8, 4) is 0 Å². The van der Waals surface area contributed by atoms with E-state index in [2.05, 4.69) is 25.4 Å². The summed E-state index contributed by atoms with van der Waals surface area (Å²) in [5.74, 6) is -0.190. The minimum Gasteiger partial charge on any atom is -0.481 e. The van der Waals surface area contributed by atoms with Gasteiger partial charge in [-0.05, 0) is 25.0 Å². The van der Waals surface area contributed by atoms with Crippen LogP contribution in [0.2, 0.25) is 0 Å². The molecule has 2 aromatic rings. The van der Waals surface area contributed by atoms with Crippen molar-refractivity contribution in [3.05, 3.63) is 41.2 Å². The van der Waals surface area contributed by atoms with Crippen molar-refractivity contribution in [1.29, 1.82) is 0 Å². The van der Waals surface area contributed by atoms with Crippen molar-refractivity contribution < 1.29 is 9.90 Å². The van der Waals surface area contributed by atoms with Gasteiger partial charge in [0.25, 0.3) is 0 Å². The highest BCUT2D eigenvalue weighted by Gasteiger charge is 2.11. The summed E-state index contributed by atoms with van der Waals surface area (Å²) in [6, 6.07) is 3.71. The third-order valence-electron chi connectivity index (χ3n) is 2.81. The summed E-state index contributed by atoms with van der Waals surface area (Å²) in [6.07, 6.45) is 2.60. The highest BCUT2D eigenvalue weighted by molar-refractivity contribution is 5.69. The van der Waals surface area contributed by atoms with Crippen LogP contribution in [0.15, 0.2) is 18.3 Å². The fourth-order valence-corrected chi connectivity index (χ4v) is 1.65. The van der Waals surface area contributed by atoms with Crippen molar-refractivity contribution >= 4 is 5.97 Å². The number of carboxylic acids is 1. The molecular formula is C13H15N5O2. The van der Waals surface area contributed by atoms with Gasteiger partial charge in [-0.2, -0.15) is 0 Å². The Labute approximate surface area is 116 Å². The molecule has 0 aromatic carbocycles. The Hall–Kier alpha value is -2.44. The summed E-state index contributed by atoms with van der Waals surface area (Å²) in [4.78, 5) is 15.1. The van der Waals surface area contributed by atoms with E-state index in [1.54, 1.807) is 20.0 Å². The lowest BCUT2D eigenvalue weighted by atomic mass is 10.0. The van der Waals surface area contributed by atoms with Crippen LogP contribution in [0.25, 0.3) is 0 Å². The lowest BCUT2D eigenvalue weighted by Gasteiger charge is -2.06. The van der Waals surface area contributed by atoms with Crippen LogP contribution in [0.5, 0.6) is 0 Å². The Morgan fingerprint density at radius 3 is 2.50 bits per heavy atom. The van der Waals surface area contributed by atoms with Gasteiger partial charge >= 0.3 is 5.97 Å². The molecule has 7 nitrogen and oxygen atoms in total. The first-order chi connectivity index (χ1) is 9.54. The van der Waals surface area contributed by atoms with Crippen molar-refractivity contribution in [2.24, 2.45) is 5.92 Å². The van der Waals surface area contributed by atoms with Crippen LogP contribution in [0, 0.1) is 12.8 Å². The first kappa shape index (κ1) is 14.0. The molecule has 0 bridgehead atoms. The van der Waals surface area contributed by atoms with Gasteiger partial charge in [0, 0.05) is 11.9 Å². The molecule has 0 aliphatic carbocycles. The van der Waals surface area contributed by atoms with Gasteiger partial charge in [-0.3, -0.25) is 9.78 Å². The number of hydrogen-bond acceptors (Lipinski definition) is 6. The first-order valence-corrected chi connectivity index (χ1v) is 6.24. The lowest BCUT2D eigenvalue weighted by Crippen LogP contribution is -2.12. The van der Waals surface area contributed by atoms with E-state index in [0.29, 0.717) is 24.5 Å². The van der Waals surface area contributed by atoms with Gasteiger partial charge in [-0.25, -0.2) is 0 Å². The Morgan fingerprint density at radius 1 is 1.25 bits per heavy atom. The number of aliphatic carboxylic acids is 1. The third-order valence-corrected chi connectivity index (χ3v) is 2.81. The molecule has 0 fully saturated rings. The van der Waals surface area contributed by atoms with Crippen LogP contribution in [-0.4, -0.2) is 36.5 Å². The molecule has 0 saturated heterocycles. The minimum absolute atomic E-state index is 0.420. The first-order valence-electron chi connectivity index (χ1n) is 6.24. The minimum atomic E-state index is -0.806. The summed E-state index contributed by atoms with van der Waals surface area (Å²) in [7, 11) is 0. The maximum atomic E-state index is 10.8. The average Bonchev–Trinajstić information content (AvgIpc) is 2.43. The van der Waals surface area contributed by atoms with Crippen LogP contribution in [-0.2, 0) is 17.6 Å². The molecule has 0 radical (unpaired) electrons. The molecule has 0 aliphatic heterocycles. The zero-order valence-electron chi connectivity index (χ0n) is 11.3. The Bertz CT molecular complexity index is 583. The van der Waals surface area contributed by atoms with Gasteiger partial charge in [-0.15, -0.1) is 20.4 Å². The molecule has 2 heterocycles. The lowest BCUT2D eigenvalue weighted by molar-refractivity contribution is -0.141. The van der Waals surface area contributed by atoms with Gasteiger partial charge < -0.3 is 5.11 Å². The number of carboxylic acid groups (broad SMARTS) is 1. The van der Waals surface area contributed by atoms with Crippen LogP contribution in [0.4, 0.5) is 0 Å². The Morgan fingerprint density at radius 2 is 1.95 bits per heavy atom. The molecule has 1 atom stereocenters. The number of pyridine rings is 1. The smallest absolute Gasteiger partial charge is 0.306 e. The molecule has 0 spiro atoms. The van der Waals surface area contributed by atoms with E-state index < -0.39 is 11.9 Å². The number of rotatable bonds is 5. The summed E-state index contributed by atoms with van der Waals surface area (Å²) in [5.41, 5.74) is 1.69. The molecule has 104 valence electrons. The van der Waals surface area contributed by atoms with Crippen molar-refractivity contribution in [3.63, 3.8) is 0 Å². The summed E-state index contributed by atoms with van der Waals surface area (Å²) in [5, 5.41) is 24.4.